The SMILES string of the molecule is CCc1cccc(NC(=O)COc2cccc(N)c2)c1. The molecule has 104 valence electrons. The standard InChI is InChI=1S/C16H18N2O2/c1-2-12-5-3-7-14(9-12)18-16(19)11-20-15-8-4-6-13(17)10-15/h3-10H,2,11,17H2,1H3,(H,18,19). The molecule has 0 saturated carbocycles. The van der Waals surface area contributed by atoms with Gasteiger partial charge in [-0.05, 0) is 36.2 Å². The molecule has 0 spiro atoms. The summed E-state index contributed by atoms with van der Waals surface area (Å²) in [5.74, 6) is 0.392. The molecule has 0 aromatic heterocycles. The van der Waals surface area contributed by atoms with Crippen molar-refractivity contribution in [1.82, 2.24) is 0 Å². The normalized spacial score (nSPS) is 10.1. The summed E-state index contributed by atoms with van der Waals surface area (Å²) in [6.45, 7) is 2.03. The summed E-state index contributed by atoms with van der Waals surface area (Å²) in [7, 11) is 0. The molecule has 4 nitrogen and oxygen atoms in total. The van der Waals surface area contributed by atoms with Gasteiger partial charge in [0.25, 0.3) is 5.91 Å². The number of hydrogen-bond donors (Lipinski definition) is 2. The maximum atomic E-state index is 11.8. The molecule has 0 radical (unpaired) electrons. The molecular weight excluding hydrogens is 252 g/mol. The first kappa shape index (κ1) is 13.9. The molecular formula is C16H18N2O2. The molecule has 0 atom stereocenters. The zero-order valence-electron chi connectivity index (χ0n) is 11.4. The lowest BCUT2D eigenvalue weighted by atomic mass is 10.1. The molecule has 0 aliphatic carbocycles. The van der Waals surface area contributed by atoms with Gasteiger partial charge in [0.15, 0.2) is 6.61 Å². The molecule has 20 heavy (non-hydrogen) atoms. The molecule has 0 heterocycles. The Hall–Kier alpha value is -2.49. The van der Waals surface area contributed by atoms with Gasteiger partial charge >= 0.3 is 0 Å². The Labute approximate surface area is 118 Å². The van der Waals surface area contributed by atoms with Crippen molar-refractivity contribution < 1.29 is 9.53 Å². The van der Waals surface area contributed by atoms with Crippen molar-refractivity contribution in [2.75, 3.05) is 17.7 Å². The second-order valence-corrected chi connectivity index (χ2v) is 4.46. The number of aryl methyl sites for hydroxylation is 1. The van der Waals surface area contributed by atoms with E-state index >= 15 is 0 Å². The summed E-state index contributed by atoms with van der Waals surface area (Å²) in [5, 5.41) is 2.81. The Morgan fingerprint density at radius 2 is 2.00 bits per heavy atom. The number of nitrogen functional groups attached to an aromatic ring is 1. The average molecular weight is 270 g/mol. The van der Waals surface area contributed by atoms with E-state index in [0.29, 0.717) is 11.4 Å². The van der Waals surface area contributed by atoms with Crippen LogP contribution >= 0.6 is 0 Å². The Kier molecular flexibility index (Phi) is 4.60. The minimum atomic E-state index is -0.194. The third-order valence-electron chi connectivity index (χ3n) is 2.85. The molecule has 0 aliphatic heterocycles. The molecule has 2 rings (SSSR count). The van der Waals surface area contributed by atoms with Crippen LogP contribution in [-0.4, -0.2) is 12.5 Å². The molecule has 0 bridgehead atoms. The van der Waals surface area contributed by atoms with Gasteiger partial charge in [0.05, 0.1) is 0 Å². The fourth-order valence-corrected chi connectivity index (χ4v) is 1.82. The first-order chi connectivity index (χ1) is 9.67. The molecule has 2 aromatic rings. The number of nitrogens with one attached hydrogen (secondary N) is 1. The molecule has 2 aromatic carbocycles. The maximum absolute atomic E-state index is 11.8. The van der Waals surface area contributed by atoms with Crippen LogP contribution < -0.4 is 15.8 Å². The highest BCUT2D eigenvalue weighted by Crippen LogP contribution is 2.15. The monoisotopic (exact) mass is 270 g/mol. The highest BCUT2D eigenvalue weighted by Gasteiger charge is 2.04. The molecule has 0 aliphatic rings. The summed E-state index contributed by atoms with van der Waals surface area (Å²) in [4.78, 5) is 11.8. The van der Waals surface area contributed by atoms with Gasteiger partial charge in [0.1, 0.15) is 5.75 Å². The first-order valence-electron chi connectivity index (χ1n) is 6.54. The van der Waals surface area contributed by atoms with Gasteiger partial charge in [-0.2, -0.15) is 0 Å². The second-order valence-electron chi connectivity index (χ2n) is 4.46. The predicted molar refractivity (Wildman–Crippen MR) is 80.8 cm³/mol. The van der Waals surface area contributed by atoms with E-state index in [2.05, 4.69) is 12.2 Å². The molecule has 0 unspecified atom stereocenters. The minimum absolute atomic E-state index is 0.0419. The third kappa shape index (κ3) is 4.02. The zero-order chi connectivity index (χ0) is 14.4. The van der Waals surface area contributed by atoms with E-state index in [1.165, 1.54) is 5.56 Å². The number of amides is 1. The summed E-state index contributed by atoms with van der Waals surface area (Å²) in [6, 6.07) is 14.8. The van der Waals surface area contributed by atoms with Crippen molar-refractivity contribution in [3.05, 3.63) is 54.1 Å². The summed E-state index contributed by atoms with van der Waals surface area (Å²) >= 11 is 0. The maximum Gasteiger partial charge on any atom is 0.262 e. The number of hydrogen-bond acceptors (Lipinski definition) is 3. The van der Waals surface area contributed by atoms with Crippen LogP contribution in [0.15, 0.2) is 48.5 Å². The summed E-state index contributed by atoms with van der Waals surface area (Å²) in [6.07, 6.45) is 0.934. The lowest BCUT2D eigenvalue weighted by Gasteiger charge is -2.08. The summed E-state index contributed by atoms with van der Waals surface area (Å²) in [5.41, 5.74) is 8.21. The number of benzene rings is 2. The van der Waals surface area contributed by atoms with Crippen molar-refractivity contribution in [3.8, 4) is 5.75 Å². The minimum Gasteiger partial charge on any atom is -0.484 e. The van der Waals surface area contributed by atoms with Crippen molar-refractivity contribution in [2.24, 2.45) is 0 Å². The summed E-state index contributed by atoms with van der Waals surface area (Å²) < 4.78 is 5.39. The molecule has 0 fully saturated rings. The van der Waals surface area contributed by atoms with Crippen molar-refractivity contribution >= 4 is 17.3 Å². The topological polar surface area (TPSA) is 64.3 Å². The van der Waals surface area contributed by atoms with E-state index in [4.69, 9.17) is 10.5 Å². The van der Waals surface area contributed by atoms with Gasteiger partial charge in [-0.3, -0.25) is 4.79 Å². The fraction of sp³-hybridized carbons (Fsp3) is 0.188. The number of rotatable bonds is 5. The number of anilines is 2. The Balaban J connectivity index is 1.89. The predicted octanol–water partition coefficient (Wildman–Crippen LogP) is 2.85. The Bertz CT molecular complexity index is 597. The van der Waals surface area contributed by atoms with Crippen LogP contribution in [0.3, 0.4) is 0 Å². The van der Waals surface area contributed by atoms with Crippen LogP contribution in [0.4, 0.5) is 11.4 Å². The quantitative estimate of drug-likeness (QED) is 0.821. The average Bonchev–Trinajstić information content (AvgIpc) is 2.45. The second kappa shape index (κ2) is 6.61. The van der Waals surface area contributed by atoms with E-state index in [1.807, 2.05) is 24.3 Å². The van der Waals surface area contributed by atoms with Gasteiger partial charge in [0, 0.05) is 17.4 Å². The molecule has 4 heteroatoms. The number of ether oxygens (including phenoxy) is 1. The van der Waals surface area contributed by atoms with Crippen molar-refractivity contribution in [2.45, 2.75) is 13.3 Å². The van der Waals surface area contributed by atoms with Gasteiger partial charge in [-0.1, -0.05) is 25.1 Å². The highest BCUT2D eigenvalue weighted by atomic mass is 16.5. The Morgan fingerprint density at radius 1 is 1.20 bits per heavy atom. The van der Waals surface area contributed by atoms with Crippen LogP contribution in [0.1, 0.15) is 12.5 Å². The smallest absolute Gasteiger partial charge is 0.262 e. The van der Waals surface area contributed by atoms with Crippen LogP contribution in [0, 0.1) is 0 Å². The van der Waals surface area contributed by atoms with Gasteiger partial charge in [0.2, 0.25) is 0 Å². The van der Waals surface area contributed by atoms with E-state index in [-0.39, 0.29) is 12.5 Å². The van der Waals surface area contributed by atoms with Crippen molar-refractivity contribution in [1.29, 1.82) is 0 Å². The lowest BCUT2D eigenvalue weighted by molar-refractivity contribution is -0.118. The van der Waals surface area contributed by atoms with Crippen LogP contribution in [-0.2, 0) is 11.2 Å². The lowest BCUT2D eigenvalue weighted by Crippen LogP contribution is -2.20. The van der Waals surface area contributed by atoms with Crippen LogP contribution in [0.5, 0.6) is 5.75 Å². The fourth-order valence-electron chi connectivity index (χ4n) is 1.82. The van der Waals surface area contributed by atoms with Crippen LogP contribution in [0.25, 0.3) is 0 Å². The van der Waals surface area contributed by atoms with Gasteiger partial charge in [-0.15, -0.1) is 0 Å². The van der Waals surface area contributed by atoms with Crippen LogP contribution in [0.2, 0.25) is 0 Å². The number of carbonyl (C=O) groups excluding carboxylic acids is 1. The van der Waals surface area contributed by atoms with E-state index in [1.54, 1.807) is 24.3 Å². The van der Waals surface area contributed by atoms with Crippen molar-refractivity contribution in [3.63, 3.8) is 0 Å². The van der Waals surface area contributed by atoms with Gasteiger partial charge in [-0.25, -0.2) is 0 Å². The number of carbonyl (C=O) groups is 1. The third-order valence-corrected chi connectivity index (χ3v) is 2.85. The Morgan fingerprint density at radius 3 is 2.75 bits per heavy atom. The van der Waals surface area contributed by atoms with E-state index < -0.39 is 0 Å². The first-order valence-corrected chi connectivity index (χ1v) is 6.54. The molecule has 0 saturated heterocycles. The van der Waals surface area contributed by atoms with E-state index in [9.17, 15) is 4.79 Å². The zero-order valence-corrected chi connectivity index (χ0v) is 11.4. The largest absolute Gasteiger partial charge is 0.484 e. The molecule has 3 N–H and O–H groups in total. The van der Waals surface area contributed by atoms with E-state index in [0.717, 1.165) is 12.1 Å². The number of nitrogens with two attached hydrogens (primary N) is 1. The highest BCUT2D eigenvalue weighted by molar-refractivity contribution is 5.91. The molecule has 1 amide bonds. The van der Waals surface area contributed by atoms with Gasteiger partial charge < -0.3 is 15.8 Å².